The van der Waals surface area contributed by atoms with Crippen LogP contribution >= 0.6 is 0 Å². The summed E-state index contributed by atoms with van der Waals surface area (Å²) in [7, 11) is 0. The Morgan fingerprint density at radius 3 is 2.29 bits per heavy atom. The van der Waals surface area contributed by atoms with Crippen LogP contribution in [0.15, 0.2) is 24.3 Å². The highest BCUT2D eigenvalue weighted by atomic mass is 16.4. The van der Waals surface area contributed by atoms with Gasteiger partial charge in [-0.15, -0.1) is 0 Å². The van der Waals surface area contributed by atoms with Gasteiger partial charge in [0.05, 0.1) is 25.5 Å². The second kappa shape index (κ2) is 10.8. The molecule has 0 saturated carbocycles. The number of carbonyl (C=O) groups is 2. The van der Waals surface area contributed by atoms with E-state index >= 15 is 0 Å². The van der Waals surface area contributed by atoms with Crippen LogP contribution in [0.2, 0.25) is 0 Å². The van der Waals surface area contributed by atoms with E-state index in [-0.39, 0.29) is 12.3 Å². The van der Waals surface area contributed by atoms with Crippen LogP contribution in [0.25, 0.3) is 0 Å². The number of benzene rings is 1. The lowest BCUT2D eigenvalue weighted by atomic mass is 10.1. The van der Waals surface area contributed by atoms with Crippen molar-refractivity contribution in [2.45, 2.75) is 39.7 Å². The predicted octanol–water partition coefficient (Wildman–Crippen LogP) is -1.82. The van der Waals surface area contributed by atoms with Crippen LogP contribution in [-0.4, -0.2) is 44.1 Å². The summed E-state index contributed by atoms with van der Waals surface area (Å²) in [4.78, 5) is 24.7. The Morgan fingerprint density at radius 1 is 1.17 bits per heavy atom. The Balaban J connectivity index is 2.48. The summed E-state index contributed by atoms with van der Waals surface area (Å²) < 4.78 is 0. The van der Waals surface area contributed by atoms with E-state index in [1.54, 1.807) is 5.32 Å². The van der Waals surface area contributed by atoms with Crippen LogP contribution < -0.4 is 20.6 Å². The zero-order chi connectivity index (χ0) is 17.9. The number of hydrogen-bond acceptors (Lipinski definition) is 3. The molecule has 0 fully saturated rings. The zero-order valence-corrected chi connectivity index (χ0v) is 14.9. The van der Waals surface area contributed by atoms with Crippen molar-refractivity contribution in [1.82, 2.24) is 0 Å². The molecule has 0 bridgehead atoms. The average Bonchev–Trinajstić information content (AvgIpc) is 2.58. The first-order valence-corrected chi connectivity index (χ1v) is 8.76. The number of carboxylic acid groups (broad SMARTS) is 1. The smallest absolute Gasteiger partial charge is 0.230 e. The van der Waals surface area contributed by atoms with Crippen molar-refractivity contribution >= 4 is 17.6 Å². The lowest BCUT2D eigenvalue weighted by Crippen LogP contribution is -3.14. The maximum Gasteiger partial charge on any atom is 0.230 e. The minimum atomic E-state index is -1.19. The topological polar surface area (TPSA) is 90.3 Å². The third-order valence-corrected chi connectivity index (χ3v) is 4.30. The van der Waals surface area contributed by atoms with E-state index in [1.807, 2.05) is 24.3 Å². The maximum absolute atomic E-state index is 12.1. The second-order valence-corrected chi connectivity index (χ2v) is 5.96. The van der Waals surface area contributed by atoms with Gasteiger partial charge in [-0.2, -0.15) is 0 Å². The number of carbonyl (C=O) groups excluding carboxylic acids is 2. The number of quaternary nitrogens is 2. The highest BCUT2D eigenvalue weighted by molar-refractivity contribution is 5.93. The van der Waals surface area contributed by atoms with E-state index < -0.39 is 12.0 Å². The number of nitrogens with two attached hydrogens (primary N) is 1. The SMILES string of the molecule is CCc1ccc(NC(=O)C[C@@H]([NH2+]CC[NH+](CC)CC)C(=O)[O-])cc1. The predicted molar refractivity (Wildman–Crippen MR) is 91.6 cm³/mol. The Bertz CT molecular complexity index is 513. The van der Waals surface area contributed by atoms with Gasteiger partial charge in [0.1, 0.15) is 19.1 Å². The number of carboxylic acids is 1. The third kappa shape index (κ3) is 7.10. The number of rotatable bonds is 11. The number of nitrogens with one attached hydrogen (secondary N) is 2. The lowest BCUT2D eigenvalue weighted by molar-refractivity contribution is -0.910. The molecule has 1 aromatic rings. The normalized spacial score (nSPS) is 12.2. The van der Waals surface area contributed by atoms with Crippen LogP contribution in [0, 0.1) is 0 Å². The lowest BCUT2D eigenvalue weighted by Gasteiger charge is -2.19. The van der Waals surface area contributed by atoms with Gasteiger partial charge in [-0.05, 0) is 38.0 Å². The number of hydrogen-bond donors (Lipinski definition) is 3. The van der Waals surface area contributed by atoms with Crippen LogP contribution in [-0.2, 0) is 16.0 Å². The summed E-state index contributed by atoms with van der Waals surface area (Å²) in [6.45, 7) is 9.82. The fraction of sp³-hybridized carbons (Fsp3) is 0.556. The molecule has 6 heteroatoms. The number of aliphatic carboxylic acids is 1. The maximum atomic E-state index is 12.1. The van der Waals surface area contributed by atoms with Crippen molar-refractivity contribution in [3.8, 4) is 0 Å². The zero-order valence-electron chi connectivity index (χ0n) is 14.9. The van der Waals surface area contributed by atoms with E-state index in [9.17, 15) is 14.7 Å². The Morgan fingerprint density at radius 2 is 1.79 bits per heavy atom. The molecule has 1 amide bonds. The summed E-state index contributed by atoms with van der Waals surface area (Å²) in [5.74, 6) is -1.50. The minimum Gasteiger partial charge on any atom is -0.544 e. The molecule has 0 aliphatic carbocycles. The summed E-state index contributed by atoms with van der Waals surface area (Å²) >= 11 is 0. The molecule has 24 heavy (non-hydrogen) atoms. The summed E-state index contributed by atoms with van der Waals surface area (Å²) in [5, 5.41) is 15.7. The molecule has 4 N–H and O–H groups in total. The van der Waals surface area contributed by atoms with E-state index in [2.05, 4.69) is 26.1 Å². The Kier molecular flexibility index (Phi) is 9.04. The number of aryl methyl sites for hydroxylation is 1. The fourth-order valence-electron chi connectivity index (χ4n) is 2.59. The van der Waals surface area contributed by atoms with Crippen molar-refractivity contribution in [2.24, 2.45) is 0 Å². The minimum absolute atomic E-state index is 0.0918. The third-order valence-electron chi connectivity index (χ3n) is 4.30. The number of likely N-dealkylation sites (N-methyl/N-ethyl adjacent to an activating group) is 1. The summed E-state index contributed by atoms with van der Waals surface area (Å²) in [5.41, 5.74) is 1.87. The van der Waals surface area contributed by atoms with Gasteiger partial charge in [0.2, 0.25) is 5.91 Å². The summed E-state index contributed by atoms with van der Waals surface area (Å²) in [6.07, 6.45) is 0.843. The van der Waals surface area contributed by atoms with Crippen LogP contribution in [0.5, 0.6) is 0 Å². The van der Waals surface area contributed by atoms with Crippen LogP contribution in [0.1, 0.15) is 32.8 Å². The van der Waals surface area contributed by atoms with Crippen molar-refractivity contribution in [2.75, 3.05) is 31.5 Å². The van der Waals surface area contributed by atoms with E-state index in [0.717, 1.165) is 26.1 Å². The molecule has 0 aromatic heterocycles. The molecule has 134 valence electrons. The van der Waals surface area contributed by atoms with Gasteiger partial charge in [-0.3, -0.25) is 4.79 Å². The van der Waals surface area contributed by atoms with Gasteiger partial charge >= 0.3 is 0 Å². The average molecular weight is 336 g/mol. The molecular weight excluding hydrogens is 306 g/mol. The molecular formula is C18H30N3O3+. The molecule has 0 spiro atoms. The van der Waals surface area contributed by atoms with E-state index in [4.69, 9.17) is 0 Å². The number of anilines is 1. The standard InChI is InChI=1S/C18H29N3O3/c1-4-14-7-9-15(10-8-14)20-17(22)13-16(18(23)24)19-11-12-21(5-2)6-3/h7-10,16,19H,4-6,11-13H2,1-3H3,(H,20,22)(H,23,24)/p+1/t16-/m1/s1. The van der Waals surface area contributed by atoms with Gasteiger partial charge in [-0.25, -0.2) is 0 Å². The first kappa shape index (κ1) is 20.1. The first-order valence-electron chi connectivity index (χ1n) is 8.76. The van der Waals surface area contributed by atoms with Crippen LogP contribution in [0.4, 0.5) is 5.69 Å². The number of amides is 1. The molecule has 1 aromatic carbocycles. The molecule has 0 heterocycles. The van der Waals surface area contributed by atoms with Crippen molar-refractivity contribution in [3.63, 3.8) is 0 Å². The molecule has 1 atom stereocenters. The molecule has 0 saturated heterocycles. The van der Waals surface area contributed by atoms with Gasteiger partial charge < -0.3 is 25.4 Å². The Labute approximate surface area is 144 Å². The van der Waals surface area contributed by atoms with Crippen molar-refractivity contribution in [3.05, 3.63) is 29.8 Å². The second-order valence-electron chi connectivity index (χ2n) is 5.96. The molecule has 0 aliphatic heterocycles. The first-order chi connectivity index (χ1) is 11.5. The monoisotopic (exact) mass is 336 g/mol. The van der Waals surface area contributed by atoms with E-state index in [0.29, 0.717) is 12.2 Å². The van der Waals surface area contributed by atoms with Crippen molar-refractivity contribution in [1.29, 1.82) is 0 Å². The van der Waals surface area contributed by atoms with Gasteiger partial charge in [-0.1, -0.05) is 19.1 Å². The molecule has 6 nitrogen and oxygen atoms in total. The van der Waals surface area contributed by atoms with E-state index in [1.165, 1.54) is 10.5 Å². The van der Waals surface area contributed by atoms with Gasteiger partial charge in [0, 0.05) is 5.69 Å². The highest BCUT2D eigenvalue weighted by Crippen LogP contribution is 2.10. The fourth-order valence-corrected chi connectivity index (χ4v) is 2.59. The van der Waals surface area contributed by atoms with Crippen molar-refractivity contribution < 1.29 is 24.9 Å². The largest absolute Gasteiger partial charge is 0.544 e. The Hall–Kier alpha value is -1.92. The molecule has 0 aliphatic rings. The highest BCUT2D eigenvalue weighted by Gasteiger charge is 2.19. The molecule has 0 unspecified atom stereocenters. The summed E-state index contributed by atoms with van der Waals surface area (Å²) in [6, 6.07) is 6.71. The molecule has 0 radical (unpaired) electrons. The van der Waals surface area contributed by atoms with Crippen LogP contribution in [0.3, 0.4) is 0 Å². The van der Waals surface area contributed by atoms with Gasteiger partial charge in [0.15, 0.2) is 0 Å². The molecule has 1 rings (SSSR count). The quantitative estimate of drug-likeness (QED) is 0.445. The van der Waals surface area contributed by atoms with Gasteiger partial charge in [0.25, 0.3) is 0 Å².